The molecule has 122 valence electrons. The van der Waals surface area contributed by atoms with Gasteiger partial charge in [0.05, 0.1) is 5.25 Å². The van der Waals surface area contributed by atoms with Crippen molar-refractivity contribution in [3.05, 3.63) is 58.7 Å². The fourth-order valence-electron chi connectivity index (χ4n) is 2.42. The van der Waals surface area contributed by atoms with Crippen molar-refractivity contribution in [1.82, 2.24) is 0 Å². The Bertz CT molecular complexity index is 723. The van der Waals surface area contributed by atoms with Gasteiger partial charge in [-0.25, -0.2) is 8.78 Å². The minimum atomic E-state index is -0.655. The summed E-state index contributed by atoms with van der Waals surface area (Å²) in [5.74, 6) is -1.50. The van der Waals surface area contributed by atoms with Gasteiger partial charge in [0.25, 0.3) is 0 Å². The number of anilines is 1. The number of rotatable bonds is 4. The predicted molar refractivity (Wildman–Crippen MR) is 91.0 cm³/mol. The first-order valence-electron chi connectivity index (χ1n) is 7.28. The van der Waals surface area contributed by atoms with Crippen LogP contribution in [0.5, 0.6) is 0 Å². The molecule has 2 rings (SSSR count). The first-order chi connectivity index (χ1) is 10.8. The SMILES string of the molecule is Cc1cc(C)c(NC(=O)[C@H](C)Sc2ccc(F)cc2F)c(C)c1. The zero-order chi connectivity index (χ0) is 17.1. The number of carbonyl (C=O) groups excluding carboxylic acids is 1. The van der Waals surface area contributed by atoms with E-state index in [0.29, 0.717) is 0 Å². The summed E-state index contributed by atoms with van der Waals surface area (Å²) in [5.41, 5.74) is 3.89. The van der Waals surface area contributed by atoms with Crippen LogP contribution < -0.4 is 5.32 Å². The molecule has 0 fully saturated rings. The summed E-state index contributed by atoms with van der Waals surface area (Å²) >= 11 is 1.07. The van der Waals surface area contributed by atoms with Gasteiger partial charge < -0.3 is 5.32 Å². The quantitative estimate of drug-likeness (QED) is 0.796. The molecule has 0 bridgehead atoms. The molecule has 1 N–H and O–H groups in total. The fourth-order valence-corrected chi connectivity index (χ4v) is 3.28. The molecule has 1 atom stereocenters. The van der Waals surface area contributed by atoms with E-state index < -0.39 is 16.9 Å². The van der Waals surface area contributed by atoms with E-state index in [4.69, 9.17) is 0 Å². The zero-order valence-electron chi connectivity index (χ0n) is 13.5. The summed E-state index contributed by atoms with van der Waals surface area (Å²) in [4.78, 5) is 12.6. The van der Waals surface area contributed by atoms with Gasteiger partial charge in [-0.05, 0) is 51.0 Å². The Labute approximate surface area is 139 Å². The fraction of sp³-hybridized carbons (Fsp3) is 0.278. The second kappa shape index (κ2) is 7.13. The molecule has 0 spiro atoms. The van der Waals surface area contributed by atoms with Crippen LogP contribution in [0.3, 0.4) is 0 Å². The number of aryl methyl sites for hydroxylation is 3. The average molecular weight is 335 g/mol. The van der Waals surface area contributed by atoms with Gasteiger partial charge in [-0.3, -0.25) is 4.79 Å². The van der Waals surface area contributed by atoms with Crippen LogP contribution in [0.1, 0.15) is 23.6 Å². The summed E-state index contributed by atoms with van der Waals surface area (Å²) in [6, 6.07) is 7.35. The Morgan fingerprint density at radius 3 is 2.26 bits per heavy atom. The van der Waals surface area contributed by atoms with E-state index in [1.807, 2.05) is 32.9 Å². The molecular formula is C18H19F2NOS. The van der Waals surface area contributed by atoms with E-state index in [2.05, 4.69) is 5.32 Å². The monoisotopic (exact) mass is 335 g/mol. The third-order valence-electron chi connectivity index (χ3n) is 3.49. The smallest absolute Gasteiger partial charge is 0.237 e. The molecule has 0 aliphatic carbocycles. The van der Waals surface area contributed by atoms with Crippen molar-refractivity contribution < 1.29 is 13.6 Å². The molecule has 0 aromatic heterocycles. The van der Waals surface area contributed by atoms with Crippen LogP contribution in [0.4, 0.5) is 14.5 Å². The number of amides is 1. The number of carbonyl (C=O) groups is 1. The highest BCUT2D eigenvalue weighted by atomic mass is 32.2. The minimum absolute atomic E-state index is 0.214. The third-order valence-corrected chi connectivity index (χ3v) is 4.64. The van der Waals surface area contributed by atoms with Crippen LogP contribution in [0.2, 0.25) is 0 Å². The number of nitrogens with one attached hydrogen (secondary N) is 1. The van der Waals surface area contributed by atoms with Crippen molar-refractivity contribution >= 4 is 23.4 Å². The average Bonchev–Trinajstić information content (AvgIpc) is 2.45. The van der Waals surface area contributed by atoms with Gasteiger partial charge >= 0.3 is 0 Å². The Morgan fingerprint density at radius 1 is 1.09 bits per heavy atom. The van der Waals surface area contributed by atoms with Gasteiger partial charge in [0.1, 0.15) is 11.6 Å². The van der Waals surface area contributed by atoms with E-state index in [9.17, 15) is 13.6 Å². The number of benzene rings is 2. The topological polar surface area (TPSA) is 29.1 Å². The number of hydrogen-bond acceptors (Lipinski definition) is 2. The number of halogens is 2. The number of hydrogen-bond donors (Lipinski definition) is 1. The maximum Gasteiger partial charge on any atom is 0.237 e. The van der Waals surface area contributed by atoms with Crippen LogP contribution >= 0.6 is 11.8 Å². The second-order valence-corrected chi connectivity index (χ2v) is 6.98. The lowest BCUT2D eigenvalue weighted by molar-refractivity contribution is -0.115. The van der Waals surface area contributed by atoms with Crippen LogP contribution in [0.25, 0.3) is 0 Å². The van der Waals surface area contributed by atoms with Gasteiger partial charge in [-0.1, -0.05) is 17.7 Å². The Hall–Kier alpha value is -1.88. The van der Waals surface area contributed by atoms with E-state index in [1.54, 1.807) is 6.92 Å². The molecule has 0 aliphatic heterocycles. The highest BCUT2D eigenvalue weighted by molar-refractivity contribution is 8.00. The maximum absolute atomic E-state index is 13.7. The van der Waals surface area contributed by atoms with Crippen LogP contribution in [0.15, 0.2) is 35.2 Å². The molecule has 0 aliphatic rings. The predicted octanol–water partition coefficient (Wildman–Crippen LogP) is 5.01. The third kappa shape index (κ3) is 4.32. The highest BCUT2D eigenvalue weighted by Gasteiger charge is 2.18. The summed E-state index contributed by atoms with van der Waals surface area (Å²) in [6.07, 6.45) is 0. The van der Waals surface area contributed by atoms with Crippen molar-refractivity contribution in [3.63, 3.8) is 0 Å². The van der Waals surface area contributed by atoms with Gasteiger partial charge in [0, 0.05) is 16.6 Å². The Balaban J connectivity index is 2.11. The van der Waals surface area contributed by atoms with E-state index in [0.717, 1.165) is 40.2 Å². The van der Waals surface area contributed by atoms with Gasteiger partial charge in [-0.2, -0.15) is 0 Å². The second-order valence-electron chi connectivity index (χ2n) is 5.60. The molecular weight excluding hydrogens is 316 g/mol. The molecule has 0 unspecified atom stereocenters. The van der Waals surface area contributed by atoms with Crippen molar-refractivity contribution in [2.75, 3.05) is 5.32 Å². The Kier molecular flexibility index (Phi) is 5.42. The lowest BCUT2D eigenvalue weighted by Gasteiger charge is -2.16. The van der Waals surface area contributed by atoms with E-state index >= 15 is 0 Å². The van der Waals surface area contributed by atoms with Gasteiger partial charge in [-0.15, -0.1) is 11.8 Å². The van der Waals surface area contributed by atoms with Gasteiger partial charge in [0.2, 0.25) is 5.91 Å². The highest BCUT2D eigenvalue weighted by Crippen LogP contribution is 2.28. The molecule has 23 heavy (non-hydrogen) atoms. The molecule has 0 radical (unpaired) electrons. The molecule has 2 aromatic rings. The van der Waals surface area contributed by atoms with Crippen molar-refractivity contribution in [1.29, 1.82) is 0 Å². The van der Waals surface area contributed by atoms with E-state index in [1.165, 1.54) is 12.1 Å². The minimum Gasteiger partial charge on any atom is -0.325 e. The van der Waals surface area contributed by atoms with Crippen molar-refractivity contribution in [3.8, 4) is 0 Å². The molecule has 5 heteroatoms. The zero-order valence-corrected chi connectivity index (χ0v) is 14.4. The Morgan fingerprint density at radius 2 is 1.70 bits per heavy atom. The molecule has 0 saturated heterocycles. The summed E-state index contributed by atoms with van der Waals surface area (Å²) < 4.78 is 26.6. The maximum atomic E-state index is 13.7. The summed E-state index contributed by atoms with van der Waals surface area (Å²) in [6.45, 7) is 7.57. The molecule has 1 amide bonds. The van der Waals surface area contributed by atoms with Crippen LogP contribution in [-0.2, 0) is 4.79 Å². The van der Waals surface area contributed by atoms with Crippen molar-refractivity contribution in [2.45, 2.75) is 37.8 Å². The number of thioether (sulfide) groups is 1. The van der Waals surface area contributed by atoms with Gasteiger partial charge in [0.15, 0.2) is 0 Å². The molecule has 0 saturated carbocycles. The van der Waals surface area contributed by atoms with Crippen LogP contribution in [0, 0.1) is 32.4 Å². The van der Waals surface area contributed by atoms with Crippen LogP contribution in [-0.4, -0.2) is 11.2 Å². The normalized spacial score (nSPS) is 12.1. The lowest BCUT2D eigenvalue weighted by Crippen LogP contribution is -2.23. The lowest BCUT2D eigenvalue weighted by atomic mass is 10.1. The molecule has 2 nitrogen and oxygen atoms in total. The summed E-state index contributed by atoms with van der Waals surface area (Å²) in [7, 11) is 0. The first-order valence-corrected chi connectivity index (χ1v) is 8.16. The molecule has 0 heterocycles. The summed E-state index contributed by atoms with van der Waals surface area (Å²) in [5, 5.41) is 2.40. The largest absolute Gasteiger partial charge is 0.325 e. The van der Waals surface area contributed by atoms with E-state index in [-0.39, 0.29) is 10.8 Å². The molecule has 2 aromatic carbocycles. The van der Waals surface area contributed by atoms with Crippen molar-refractivity contribution in [2.24, 2.45) is 0 Å². The standard InChI is InChI=1S/C18H19F2NOS/c1-10-7-11(2)17(12(3)8-10)21-18(22)13(4)23-16-6-5-14(19)9-15(16)20/h5-9,13H,1-4H3,(H,21,22)/t13-/m0/s1. The first kappa shape index (κ1) is 17.5.